The molecule has 18 heavy (non-hydrogen) atoms. The van der Waals surface area contributed by atoms with Crippen LogP contribution in [0.15, 0.2) is 0 Å². The molecule has 0 saturated carbocycles. The van der Waals surface area contributed by atoms with E-state index in [4.69, 9.17) is 14.2 Å². The van der Waals surface area contributed by atoms with Crippen LogP contribution in [0.2, 0.25) is 0 Å². The second-order valence-corrected chi connectivity index (χ2v) is 4.02. The van der Waals surface area contributed by atoms with Crippen LogP contribution in [0.3, 0.4) is 0 Å². The molecule has 1 aliphatic heterocycles. The molecule has 0 aliphatic carbocycles. The first kappa shape index (κ1) is 14.9. The van der Waals surface area contributed by atoms with E-state index in [9.17, 15) is 9.59 Å². The fourth-order valence-corrected chi connectivity index (χ4v) is 1.83. The molecule has 1 N–H and O–H groups in total. The zero-order valence-electron chi connectivity index (χ0n) is 10.9. The average Bonchev–Trinajstić information content (AvgIpc) is 2.37. The van der Waals surface area contributed by atoms with Gasteiger partial charge >= 0.3 is 11.9 Å². The second-order valence-electron chi connectivity index (χ2n) is 4.02. The molecule has 0 amide bonds. The lowest BCUT2D eigenvalue weighted by Gasteiger charge is -2.26. The standard InChI is InChI=1S/C12H21NO5/c1-3-17-11(14)10(12(15)18-4-2)7-9-8-16-6-5-13-9/h9-10,13H,3-8H2,1-2H3. The van der Waals surface area contributed by atoms with Gasteiger partial charge in [0.2, 0.25) is 0 Å². The zero-order chi connectivity index (χ0) is 13.4. The maximum atomic E-state index is 11.7. The van der Waals surface area contributed by atoms with E-state index in [-0.39, 0.29) is 19.3 Å². The van der Waals surface area contributed by atoms with E-state index >= 15 is 0 Å². The van der Waals surface area contributed by atoms with Crippen LogP contribution in [0.4, 0.5) is 0 Å². The molecule has 1 saturated heterocycles. The number of carbonyl (C=O) groups is 2. The van der Waals surface area contributed by atoms with Gasteiger partial charge in [-0.2, -0.15) is 0 Å². The molecule has 0 aromatic carbocycles. The fourth-order valence-electron chi connectivity index (χ4n) is 1.83. The Labute approximate surface area is 107 Å². The summed E-state index contributed by atoms with van der Waals surface area (Å²) in [6.07, 6.45) is 0.345. The third-order valence-corrected chi connectivity index (χ3v) is 2.66. The summed E-state index contributed by atoms with van der Waals surface area (Å²) in [6, 6.07) is -0.0161. The lowest BCUT2D eigenvalue weighted by Crippen LogP contribution is -2.44. The Bertz CT molecular complexity index is 258. The Morgan fingerprint density at radius 3 is 2.33 bits per heavy atom. The van der Waals surface area contributed by atoms with Gasteiger partial charge in [-0.1, -0.05) is 0 Å². The van der Waals surface area contributed by atoms with Crippen molar-refractivity contribution in [2.75, 3.05) is 33.0 Å². The normalized spacial score (nSPS) is 19.6. The van der Waals surface area contributed by atoms with Crippen LogP contribution in [0.1, 0.15) is 20.3 Å². The van der Waals surface area contributed by atoms with E-state index < -0.39 is 17.9 Å². The van der Waals surface area contributed by atoms with Crippen LogP contribution >= 0.6 is 0 Å². The largest absolute Gasteiger partial charge is 0.465 e. The van der Waals surface area contributed by atoms with Gasteiger partial charge in [-0.3, -0.25) is 9.59 Å². The number of hydrogen-bond acceptors (Lipinski definition) is 6. The summed E-state index contributed by atoms with van der Waals surface area (Å²) in [7, 11) is 0. The van der Waals surface area contributed by atoms with Crippen molar-refractivity contribution in [1.82, 2.24) is 5.32 Å². The molecule has 6 nitrogen and oxygen atoms in total. The molecule has 0 bridgehead atoms. The fraction of sp³-hybridized carbons (Fsp3) is 0.833. The first-order valence-corrected chi connectivity index (χ1v) is 6.33. The van der Waals surface area contributed by atoms with Gasteiger partial charge in [-0.25, -0.2) is 0 Å². The van der Waals surface area contributed by atoms with Gasteiger partial charge in [0.05, 0.1) is 26.4 Å². The molecule has 6 heteroatoms. The lowest BCUT2D eigenvalue weighted by molar-refractivity contribution is -0.162. The predicted molar refractivity (Wildman–Crippen MR) is 64.0 cm³/mol. The van der Waals surface area contributed by atoms with E-state index in [0.717, 1.165) is 6.54 Å². The maximum absolute atomic E-state index is 11.7. The highest BCUT2D eigenvalue weighted by Gasteiger charge is 2.32. The number of ether oxygens (including phenoxy) is 3. The molecule has 1 atom stereocenters. The molecule has 1 heterocycles. The van der Waals surface area contributed by atoms with Gasteiger partial charge in [-0.05, 0) is 20.3 Å². The Balaban J connectivity index is 2.57. The van der Waals surface area contributed by atoms with Gasteiger partial charge < -0.3 is 19.5 Å². The summed E-state index contributed by atoms with van der Waals surface area (Å²) in [6.45, 7) is 5.80. The summed E-state index contributed by atoms with van der Waals surface area (Å²) >= 11 is 0. The first-order chi connectivity index (χ1) is 8.69. The van der Waals surface area contributed by atoms with Crippen LogP contribution in [-0.2, 0) is 23.8 Å². The molecule has 0 aromatic rings. The minimum Gasteiger partial charge on any atom is -0.465 e. The van der Waals surface area contributed by atoms with E-state index in [0.29, 0.717) is 19.6 Å². The lowest BCUT2D eigenvalue weighted by atomic mass is 10.00. The highest BCUT2D eigenvalue weighted by Crippen LogP contribution is 2.13. The molecule has 1 unspecified atom stereocenters. The van der Waals surface area contributed by atoms with E-state index in [1.165, 1.54) is 0 Å². The van der Waals surface area contributed by atoms with Gasteiger partial charge in [-0.15, -0.1) is 0 Å². The maximum Gasteiger partial charge on any atom is 0.320 e. The molecule has 1 rings (SSSR count). The highest BCUT2D eigenvalue weighted by atomic mass is 16.6. The van der Waals surface area contributed by atoms with Crippen molar-refractivity contribution < 1.29 is 23.8 Å². The molecular weight excluding hydrogens is 238 g/mol. The van der Waals surface area contributed by atoms with Crippen molar-refractivity contribution in [3.8, 4) is 0 Å². The number of hydrogen-bond donors (Lipinski definition) is 1. The number of carbonyl (C=O) groups excluding carboxylic acids is 2. The monoisotopic (exact) mass is 259 g/mol. The predicted octanol–water partition coefficient (Wildman–Crippen LogP) is 0.107. The smallest absolute Gasteiger partial charge is 0.320 e. The van der Waals surface area contributed by atoms with Crippen molar-refractivity contribution in [3.05, 3.63) is 0 Å². The van der Waals surface area contributed by atoms with Crippen LogP contribution < -0.4 is 5.32 Å². The summed E-state index contributed by atoms with van der Waals surface area (Å²) < 4.78 is 15.1. The van der Waals surface area contributed by atoms with Gasteiger partial charge in [0.25, 0.3) is 0 Å². The van der Waals surface area contributed by atoms with Crippen LogP contribution in [0.25, 0.3) is 0 Å². The van der Waals surface area contributed by atoms with Gasteiger partial charge in [0.1, 0.15) is 0 Å². The summed E-state index contributed by atoms with van der Waals surface area (Å²) in [5.74, 6) is -1.92. The van der Waals surface area contributed by atoms with E-state index in [1.807, 2.05) is 0 Å². The topological polar surface area (TPSA) is 73.9 Å². The van der Waals surface area contributed by atoms with Crippen LogP contribution in [0.5, 0.6) is 0 Å². The summed E-state index contributed by atoms with van der Waals surface area (Å²) in [5, 5.41) is 3.20. The number of esters is 2. The Hall–Kier alpha value is -1.14. The van der Waals surface area contributed by atoms with Crippen molar-refractivity contribution >= 4 is 11.9 Å². The molecule has 104 valence electrons. The molecule has 0 radical (unpaired) electrons. The Morgan fingerprint density at radius 2 is 1.89 bits per heavy atom. The van der Waals surface area contributed by atoms with Gasteiger partial charge in [0, 0.05) is 12.6 Å². The average molecular weight is 259 g/mol. The zero-order valence-corrected chi connectivity index (χ0v) is 10.9. The Kier molecular flexibility index (Phi) is 6.67. The van der Waals surface area contributed by atoms with E-state index in [1.54, 1.807) is 13.8 Å². The van der Waals surface area contributed by atoms with Crippen molar-refractivity contribution in [2.24, 2.45) is 5.92 Å². The first-order valence-electron chi connectivity index (χ1n) is 6.33. The quantitative estimate of drug-likeness (QED) is 0.539. The summed E-state index contributed by atoms with van der Waals surface area (Å²) in [5.41, 5.74) is 0. The molecule has 0 aromatic heterocycles. The molecule has 1 aliphatic rings. The minimum absolute atomic E-state index is 0.0161. The minimum atomic E-state index is -0.871. The van der Waals surface area contributed by atoms with Gasteiger partial charge in [0.15, 0.2) is 5.92 Å². The third kappa shape index (κ3) is 4.62. The SMILES string of the molecule is CCOC(=O)C(CC1COCCN1)C(=O)OCC. The van der Waals surface area contributed by atoms with Crippen LogP contribution in [0, 0.1) is 5.92 Å². The molecule has 1 fully saturated rings. The number of morpholine rings is 1. The number of rotatable bonds is 6. The second kappa shape index (κ2) is 8.05. The molecular formula is C12H21NO5. The third-order valence-electron chi connectivity index (χ3n) is 2.66. The highest BCUT2D eigenvalue weighted by molar-refractivity contribution is 5.94. The molecule has 0 spiro atoms. The van der Waals surface area contributed by atoms with Crippen LogP contribution in [-0.4, -0.2) is 51.0 Å². The number of nitrogens with one attached hydrogen (secondary N) is 1. The van der Waals surface area contributed by atoms with Crippen molar-refractivity contribution in [3.63, 3.8) is 0 Å². The van der Waals surface area contributed by atoms with Crippen molar-refractivity contribution in [2.45, 2.75) is 26.3 Å². The van der Waals surface area contributed by atoms with Crippen molar-refractivity contribution in [1.29, 1.82) is 0 Å². The van der Waals surface area contributed by atoms with E-state index in [2.05, 4.69) is 5.32 Å². The summed E-state index contributed by atoms with van der Waals surface area (Å²) in [4.78, 5) is 23.5. The Morgan fingerprint density at radius 1 is 1.28 bits per heavy atom.